The van der Waals surface area contributed by atoms with E-state index >= 15 is 0 Å². The van der Waals surface area contributed by atoms with E-state index in [0.29, 0.717) is 5.82 Å². The van der Waals surface area contributed by atoms with Crippen molar-refractivity contribution in [3.05, 3.63) is 5.82 Å². The predicted molar refractivity (Wildman–Crippen MR) is 48.4 cm³/mol. The zero-order chi connectivity index (χ0) is 9.84. The van der Waals surface area contributed by atoms with Gasteiger partial charge in [-0.3, -0.25) is 10.4 Å². The highest BCUT2D eigenvalue weighted by atomic mass is 16.2. The Morgan fingerprint density at radius 1 is 1.54 bits per heavy atom. The summed E-state index contributed by atoms with van der Waals surface area (Å²) in [5.74, 6) is 0.954. The second-order valence-corrected chi connectivity index (χ2v) is 3.00. The number of nitrogens with one attached hydrogen (secondary N) is 3. The van der Waals surface area contributed by atoms with Gasteiger partial charge in [0.15, 0.2) is 0 Å². The maximum atomic E-state index is 11.1. The van der Waals surface area contributed by atoms with Gasteiger partial charge in [0.25, 0.3) is 0 Å². The molecule has 0 aliphatic rings. The number of nitrogens with zero attached hydrogens (tertiary/aromatic N) is 2. The van der Waals surface area contributed by atoms with Crippen molar-refractivity contribution in [2.75, 3.05) is 5.32 Å². The maximum absolute atomic E-state index is 11.1. The van der Waals surface area contributed by atoms with Gasteiger partial charge >= 0.3 is 6.03 Å². The second-order valence-electron chi connectivity index (χ2n) is 3.00. The van der Waals surface area contributed by atoms with E-state index in [1.807, 2.05) is 13.8 Å². The molecule has 0 radical (unpaired) electrons. The third kappa shape index (κ3) is 3.10. The summed E-state index contributed by atoms with van der Waals surface area (Å²) in [6, 6.07) is -0.200. The summed E-state index contributed by atoms with van der Waals surface area (Å²) in [5.41, 5.74) is 0. The van der Waals surface area contributed by atoms with Crippen molar-refractivity contribution < 1.29 is 4.79 Å². The standard InChI is InChI=1S/C7H13N5O/c1-4(2)8-7(13)10-6-9-5(3)11-12-6/h4H,1-3H3,(H3,8,9,10,11,12,13). The number of carbonyl (C=O) groups is 1. The van der Waals surface area contributed by atoms with Crippen LogP contribution in [0.5, 0.6) is 0 Å². The Bertz CT molecular complexity index is 293. The van der Waals surface area contributed by atoms with E-state index in [-0.39, 0.29) is 18.0 Å². The Kier molecular flexibility index (Phi) is 2.84. The summed E-state index contributed by atoms with van der Waals surface area (Å²) < 4.78 is 0. The molecule has 0 saturated carbocycles. The number of urea groups is 1. The Labute approximate surface area is 76.1 Å². The molecule has 0 unspecified atom stereocenters. The molecule has 0 atom stereocenters. The van der Waals surface area contributed by atoms with Crippen LogP contribution in [0.2, 0.25) is 0 Å². The maximum Gasteiger partial charge on any atom is 0.321 e. The van der Waals surface area contributed by atoms with Gasteiger partial charge in [0.05, 0.1) is 0 Å². The highest BCUT2D eigenvalue weighted by molar-refractivity contribution is 5.87. The predicted octanol–water partition coefficient (Wildman–Crippen LogP) is 0.643. The van der Waals surface area contributed by atoms with Crippen molar-refractivity contribution in [2.24, 2.45) is 0 Å². The van der Waals surface area contributed by atoms with Crippen molar-refractivity contribution in [1.82, 2.24) is 20.5 Å². The number of carbonyl (C=O) groups excluding carboxylic acids is 1. The molecule has 0 aliphatic carbocycles. The van der Waals surface area contributed by atoms with Gasteiger partial charge in [0, 0.05) is 6.04 Å². The van der Waals surface area contributed by atoms with Crippen LogP contribution in [0.3, 0.4) is 0 Å². The van der Waals surface area contributed by atoms with Gasteiger partial charge in [-0.15, -0.1) is 5.10 Å². The molecule has 0 saturated heterocycles. The Morgan fingerprint density at radius 2 is 2.23 bits per heavy atom. The number of hydrogen-bond acceptors (Lipinski definition) is 3. The smallest absolute Gasteiger partial charge is 0.321 e. The normalized spacial score (nSPS) is 10.2. The molecule has 0 aliphatic heterocycles. The molecule has 13 heavy (non-hydrogen) atoms. The average Bonchev–Trinajstić information content (AvgIpc) is 2.33. The summed E-state index contributed by atoms with van der Waals surface area (Å²) >= 11 is 0. The topological polar surface area (TPSA) is 82.7 Å². The zero-order valence-electron chi connectivity index (χ0n) is 7.88. The van der Waals surface area contributed by atoms with Crippen LogP contribution < -0.4 is 10.6 Å². The largest absolute Gasteiger partial charge is 0.336 e. The summed E-state index contributed by atoms with van der Waals surface area (Å²) in [6.45, 7) is 5.52. The lowest BCUT2D eigenvalue weighted by Crippen LogP contribution is -2.34. The summed E-state index contributed by atoms with van der Waals surface area (Å²) in [6.07, 6.45) is 0. The van der Waals surface area contributed by atoms with Crippen LogP contribution in [0.1, 0.15) is 19.7 Å². The van der Waals surface area contributed by atoms with E-state index < -0.39 is 0 Å². The Morgan fingerprint density at radius 3 is 2.69 bits per heavy atom. The Balaban J connectivity index is 2.45. The molecule has 0 bridgehead atoms. The lowest BCUT2D eigenvalue weighted by atomic mass is 10.4. The molecular formula is C7H13N5O. The fourth-order valence-corrected chi connectivity index (χ4v) is 0.798. The van der Waals surface area contributed by atoms with Crippen molar-refractivity contribution in [2.45, 2.75) is 26.8 Å². The number of rotatable bonds is 2. The SMILES string of the molecule is Cc1nc(NC(=O)NC(C)C)n[nH]1. The second kappa shape index (κ2) is 3.88. The van der Waals surface area contributed by atoms with Crippen LogP contribution in [0.25, 0.3) is 0 Å². The first-order valence-corrected chi connectivity index (χ1v) is 4.04. The van der Waals surface area contributed by atoms with Gasteiger partial charge in [0.1, 0.15) is 5.82 Å². The van der Waals surface area contributed by atoms with Crippen molar-refractivity contribution in [3.63, 3.8) is 0 Å². The molecule has 3 N–H and O–H groups in total. The van der Waals surface area contributed by atoms with Crippen LogP contribution in [-0.2, 0) is 0 Å². The number of hydrogen-bond donors (Lipinski definition) is 3. The number of anilines is 1. The first-order valence-electron chi connectivity index (χ1n) is 4.04. The van der Waals surface area contributed by atoms with Gasteiger partial charge in [0.2, 0.25) is 5.95 Å². The Hall–Kier alpha value is -1.59. The monoisotopic (exact) mass is 183 g/mol. The number of amides is 2. The first kappa shape index (κ1) is 9.50. The van der Waals surface area contributed by atoms with Gasteiger partial charge in [-0.05, 0) is 20.8 Å². The molecule has 0 aromatic carbocycles. The van der Waals surface area contributed by atoms with Crippen molar-refractivity contribution >= 4 is 12.0 Å². The average molecular weight is 183 g/mol. The van der Waals surface area contributed by atoms with E-state index in [1.165, 1.54) is 0 Å². The molecule has 1 aromatic rings. The van der Waals surface area contributed by atoms with E-state index in [1.54, 1.807) is 6.92 Å². The molecule has 0 fully saturated rings. The van der Waals surface area contributed by atoms with E-state index in [2.05, 4.69) is 25.8 Å². The van der Waals surface area contributed by atoms with Crippen LogP contribution in [0, 0.1) is 6.92 Å². The quantitative estimate of drug-likeness (QED) is 0.629. The van der Waals surface area contributed by atoms with Gasteiger partial charge < -0.3 is 5.32 Å². The fraction of sp³-hybridized carbons (Fsp3) is 0.571. The molecule has 1 heterocycles. The summed E-state index contributed by atoms with van der Waals surface area (Å²) in [7, 11) is 0. The molecule has 1 rings (SSSR count). The number of aromatic nitrogens is 3. The highest BCUT2D eigenvalue weighted by Crippen LogP contribution is 1.96. The highest BCUT2D eigenvalue weighted by Gasteiger charge is 2.05. The zero-order valence-corrected chi connectivity index (χ0v) is 7.88. The lowest BCUT2D eigenvalue weighted by molar-refractivity contribution is 0.250. The van der Waals surface area contributed by atoms with Crippen LogP contribution in [0.15, 0.2) is 0 Å². The minimum absolute atomic E-state index is 0.0973. The van der Waals surface area contributed by atoms with Gasteiger partial charge in [-0.2, -0.15) is 4.98 Å². The molecule has 2 amide bonds. The molecule has 6 heteroatoms. The van der Waals surface area contributed by atoms with E-state index in [9.17, 15) is 4.79 Å². The van der Waals surface area contributed by atoms with E-state index in [4.69, 9.17) is 0 Å². The third-order valence-corrected chi connectivity index (χ3v) is 1.24. The van der Waals surface area contributed by atoms with Gasteiger partial charge in [-0.1, -0.05) is 0 Å². The van der Waals surface area contributed by atoms with Crippen molar-refractivity contribution in [1.29, 1.82) is 0 Å². The lowest BCUT2D eigenvalue weighted by Gasteiger charge is -2.06. The number of aromatic amines is 1. The molecular weight excluding hydrogens is 170 g/mol. The minimum Gasteiger partial charge on any atom is -0.336 e. The number of H-pyrrole nitrogens is 1. The van der Waals surface area contributed by atoms with Crippen LogP contribution in [-0.4, -0.2) is 27.3 Å². The molecule has 72 valence electrons. The number of aryl methyl sites for hydroxylation is 1. The van der Waals surface area contributed by atoms with Gasteiger partial charge in [-0.25, -0.2) is 4.79 Å². The molecule has 0 spiro atoms. The van der Waals surface area contributed by atoms with E-state index in [0.717, 1.165) is 0 Å². The first-order chi connectivity index (χ1) is 6.08. The summed E-state index contributed by atoms with van der Waals surface area (Å²) in [5, 5.41) is 11.5. The van der Waals surface area contributed by atoms with Crippen LogP contribution >= 0.6 is 0 Å². The minimum atomic E-state index is -0.297. The third-order valence-electron chi connectivity index (χ3n) is 1.24. The fourth-order valence-electron chi connectivity index (χ4n) is 0.798. The molecule has 6 nitrogen and oxygen atoms in total. The van der Waals surface area contributed by atoms with Crippen LogP contribution in [0.4, 0.5) is 10.7 Å². The summed E-state index contributed by atoms with van der Waals surface area (Å²) in [4.78, 5) is 15.0. The molecule has 1 aromatic heterocycles. The van der Waals surface area contributed by atoms with Crippen molar-refractivity contribution in [3.8, 4) is 0 Å².